The average molecular weight is 476 g/mol. The molecule has 0 aromatic rings. The monoisotopic (exact) mass is 475 g/mol. The van der Waals surface area contributed by atoms with Crippen LogP contribution >= 0.6 is 0 Å². The van der Waals surface area contributed by atoms with Gasteiger partial charge in [-0.15, -0.1) is 0 Å². The van der Waals surface area contributed by atoms with E-state index in [1.54, 1.807) is 14.0 Å². The number of likely N-dealkylation sites (N-methyl/N-ethyl adjacent to an activating group) is 2. The minimum Gasteiger partial charge on any atom is -0.467 e. The van der Waals surface area contributed by atoms with Crippen molar-refractivity contribution in [2.24, 2.45) is 17.2 Å². The van der Waals surface area contributed by atoms with Gasteiger partial charge in [-0.25, -0.2) is 0 Å². The Balaban J connectivity index is 1.75. The van der Waals surface area contributed by atoms with Crippen LogP contribution in [-0.2, 0) is 18.9 Å². The zero-order valence-corrected chi connectivity index (χ0v) is 19.6. The maximum Gasteiger partial charge on any atom is 0.215 e. The van der Waals surface area contributed by atoms with Gasteiger partial charge in [-0.1, -0.05) is 6.92 Å². The summed E-state index contributed by atoms with van der Waals surface area (Å²) in [6, 6.07) is -1.95. The molecular weight excluding hydrogens is 434 g/mol. The maximum absolute atomic E-state index is 11.3. The minimum absolute atomic E-state index is 0.0483. The standard InChI is InChI=1S/C21H41N5O7/c1-4-26-13-7-12(24)16(32-19-11(23)6-5-10(8-22)31-19)14(27)17(13)33-20-15(28)18(25-3)21(2,29)9-30-20/h5,11-20,25-29H,4,6-9,22-24H2,1-3H3/t11-,12-,13+,14-,15-,16+,17-,18+,19-,20+,21-/m0/s1. The van der Waals surface area contributed by atoms with Crippen LogP contribution in [0.1, 0.15) is 26.7 Å². The lowest BCUT2D eigenvalue weighted by Gasteiger charge is -2.49. The average Bonchev–Trinajstić information content (AvgIpc) is 2.76. The first kappa shape index (κ1) is 26.7. The Morgan fingerprint density at radius 3 is 2.48 bits per heavy atom. The molecule has 0 unspecified atom stereocenters. The zero-order chi connectivity index (χ0) is 24.3. The highest BCUT2D eigenvalue weighted by atomic mass is 16.7. The molecule has 0 spiro atoms. The Morgan fingerprint density at radius 1 is 1.15 bits per heavy atom. The molecule has 3 rings (SSSR count). The number of hydrogen-bond acceptors (Lipinski definition) is 12. The maximum atomic E-state index is 11.3. The van der Waals surface area contributed by atoms with Gasteiger partial charge in [0.1, 0.15) is 35.8 Å². The predicted octanol–water partition coefficient (Wildman–Crippen LogP) is -3.20. The summed E-state index contributed by atoms with van der Waals surface area (Å²) in [5.41, 5.74) is 16.9. The first-order valence-corrected chi connectivity index (χ1v) is 11.6. The van der Waals surface area contributed by atoms with Crippen molar-refractivity contribution in [3.05, 3.63) is 11.8 Å². The lowest BCUT2D eigenvalue weighted by Crippen LogP contribution is -2.69. The van der Waals surface area contributed by atoms with Crippen molar-refractivity contribution in [3.8, 4) is 0 Å². The number of ether oxygens (including phenoxy) is 4. The van der Waals surface area contributed by atoms with Gasteiger partial charge >= 0.3 is 0 Å². The smallest absolute Gasteiger partial charge is 0.215 e. The fraction of sp³-hybridized carbons (Fsp3) is 0.905. The Bertz CT molecular complexity index is 669. The molecule has 0 aromatic carbocycles. The summed E-state index contributed by atoms with van der Waals surface area (Å²) in [5, 5.41) is 38.8. The van der Waals surface area contributed by atoms with Crippen molar-refractivity contribution < 1.29 is 34.3 Å². The van der Waals surface area contributed by atoms with Gasteiger partial charge in [0.15, 0.2) is 6.29 Å². The SMILES string of the molecule is CCN[C@@H]1C[C@H](N)[C@@H](O[C@@H]2OC(CN)=CC[C@@H]2N)[C@H](O)[C@H]1O[C@H]1OC[C@](C)(O)[C@H](NC)[C@@H]1O. The Labute approximate surface area is 194 Å². The molecule has 11 atom stereocenters. The molecule has 1 saturated heterocycles. The molecule has 11 N–H and O–H groups in total. The van der Waals surface area contributed by atoms with Crippen LogP contribution in [0.25, 0.3) is 0 Å². The highest BCUT2D eigenvalue weighted by Gasteiger charge is 2.51. The first-order valence-electron chi connectivity index (χ1n) is 11.6. The fourth-order valence-electron chi connectivity index (χ4n) is 4.86. The summed E-state index contributed by atoms with van der Waals surface area (Å²) in [6.45, 7) is 4.30. The van der Waals surface area contributed by atoms with Crippen molar-refractivity contribution >= 4 is 0 Å². The van der Waals surface area contributed by atoms with Gasteiger partial charge in [-0.05, 0) is 39.4 Å². The molecule has 2 heterocycles. The molecule has 12 heteroatoms. The fourth-order valence-corrected chi connectivity index (χ4v) is 4.86. The molecule has 1 saturated carbocycles. The van der Waals surface area contributed by atoms with Crippen molar-refractivity contribution in [2.75, 3.05) is 26.7 Å². The van der Waals surface area contributed by atoms with Crippen LogP contribution in [0.15, 0.2) is 11.8 Å². The van der Waals surface area contributed by atoms with Crippen LogP contribution in [0.3, 0.4) is 0 Å². The van der Waals surface area contributed by atoms with Gasteiger partial charge in [0.2, 0.25) is 6.29 Å². The van der Waals surface area contributed by atoms with E-state index >= 15 is 0 Å². The molecule has 3 aliphatic rings. The number of rotatable bonds is 8. The number of aliphatic hydroxyl groups excluding tert-OH is 2. The molecular formula is C21H41N5O7. The number of nitrogens with one attached hydrogen (secondary N) is 2. The van der Waals surface area contributed by atoms with E-state index in [2.05, 4.69) is 10.6 Å². The Kier molecular flexibility index (Phi) is 9.08. The van der Waals surface area contributed by atoms with Gasteiger partial charge < -0.3 is 62.1 Å². The number of nitrogens with two attached hydrogens (primary N) is 3. The van der Waals surface area contributed by atoms with Crippen molar-refractivity contribution in [1.82, 2.24) is 10.6 Å². The quantitative estimate of drug-likeness (QED) is 0.175. The third kappa shape index (κ3) is 5.85. The van der Waals surface area contributed by atoms with Crippen molar-refractivity contribution in [1.29, 1.82) is 0 Å². The summed E-state index contributed by atoms with van der Waals surface area (Å²) in [7, 11) is 1.64. The first-order chi connectivity index (χ1) is 15.6. The largest absolute Gasteiger partial charge is 0.467 e. The lowest BCUT2D eigenvalue weighted by atomic mass is 9.83. The second-order valence-electron chi connectivity index (χ2n) is 9.31. The van der Waals surface area contributed by atoms with E-state index in [0.717, 1.165) is 0 Å². The third-order valence-corrected chi connectivity index (χ3v) is 6.64. The molecule has 0 amide bonds. The van der Waals surface area contributed by atoms with Gasteiger partial charge in [-0.3, -0.25) is 0 Å². The Morgan fingerprint density at radius 2 is 1.85 bits per heavy atom. The Hall–Kier alpha value is -0.900. The summed E-state index contributed by atoms with van der Waals surface area (Å²) in [6.07, 6.45) is -3.05. The van der Waals surface area contributed by atoms with Crippen LogP contribution in [0.5, 0.6) is 0 Å². The van der Waals surface area contributed by atoms with E-state index in [-0.39, 0.29) is 19.2 Å². The van der Waals surface area contributed by atoms with Crippen molar-refractivity contribution in [2.45, 2.75) is 93.5 Å². The van der Waals surface area contributed by atoms with Crippen LogP contribution < -0.4 is 27.8 Å². The molecule has 0 bridgehead atoms. The highest BCUT2D eigenvalue weighted by molar-refractivity contribution is 5.05. The van der Waals surface area contributed by atoms with Crippen LogP contribution in [0, 0.1) is 0 Å². The lowest BCUT2D eigenvalue weighted by molar-refractivity contribution is -0.304. The molecule has 2 fully saturated rings. The normalized spacial score (nSPS) is 46.5. The van der Waals surface area contributed by atoms with Gasteiger partial charge in [0.25, 0.3) is 0 Å². The van der Waals surface area contributed by atoms with Gasteiger partial charge in [0.05, 0.1) is 25.2 Å². The van der Waals surface area contributed by atoms with Gasteiger partial charge in [-0.2, -0.15) is 0 Å². The molecule has 2 aliphatic heterocycles. The van der Waals surface area contributed by atoms with Crippen LogP contribution in [-0.4, -0.2) is 109 Å². The summed E-state index contributed by atoms with van der Waals surface area (Å²) >= 11 is 0. The topological polar surface area (TPSA) is 200 Å². The molecule has 12 nitrogen and oxygen atoms in total. The van der Waals surface area contributed by atoms with E-state index in [1.165, 1.54) is 0 Å². The zero-order valence-electron chi connectivity index (χ0n) is 19.6. The van der Waals surface area contributed by atoms with E-state index in [0.29, 0.717) is 25.1 Å². The van der Waals surface area contributed by atoms with E-state index in [4.69, 9.17) is 36.1 Å². The predicted molar refractivity (Wildman–Crippen MR) is 120 cm³/mol. The third-order valence-electron chi connectivity index (χ3n) is 6.64. The minimum atomic E-state index is -1.28. The second-order valence-corrected chi connectivity index (χ2v) is 9.31. The molecule has 33 heavy (non-hydrogen) atoms. The van der Waals surface area contributed by atoms with E-state index in [1.807, 2.05) is 13.0 Å². The second kappa shape index (κ2) is 11.2. The summed E-state index contributed by atoms with van der Waals surface area (Å²) in [5.74, 6) is 0.572. The number of hydrogen-bond donors (Lipinski definition) is 8. The molecule has 0 radical (unpaired) electrons. The summed E-state index contributed by atoms with van der Waals surface area (Å²) in [4.78, 5) is 0. The van der Waals surface area contributed by atoms with E-state index < -0.39 is 60.7 Å². The number of aliphatic hydroxyl groups is 3. The molecule has 1 aliphatic carbocycles. The van der Waals surface area contributed by atoms with Crippen molar-refractivity contribution in [3.63, 3.8) is 0 Å². The van der Waals surface area contributed by atoms with Crippen LogP contribution in [0.4, 0.5) is 0 Å². The summed E-state index contributed by atoms with van der Waals surface area (Å²) < 4.78 is 23.6. The highest BCUT2D eigenvalue weighted by Crippen LogP contribution is 2.31. The van der Waals surface area contributed by atoms with Gasteiger partial charge in [0, 0.05) is 12.1 Å². The van der Waals surface area contributed by atoms with Crippen LogP contribution in [0.2, 0.25) is 0 Å². The van der Waals surface area contributed by atoms with E-state index in [9.17, 15) is 15.3 Å². The molecule has 0 aromatic heterocycles. The molecule has 192 valence electrons.